The molecule has 1 aromatic carbocycles. The SMILES string of the molecule is Cc1ccc(/C=C/C(=O)N(C)C(C)c2ccc(F)c(F)c2)o1. The highest BCUT2D eigenvalue weighted by molar-refractivity contribution is 5.91. The molecule has 2 aromatic rings. The standard InChI is InChI=1S/C17H17F2NO2/c1-11-4-6-14(22-11)7-9-17(21)20(3)12(2)13-5-8-15(18)16(19)10-13/h4-10,12H,1-3H3/b9-7+. The second kappa shape index (κ2) is 6.56. The number of halogens is 2. The fourth-order valence-electron chi connectivity index (χ4n) is 2.00. The van der Waals surface area contributed by atoms with E-state index in [1.54, 1.807) is 32.2 Å². The zero-order valence-electron chi connectivity index (χ0n) is 12.6. The van der Waals surface area contributed by atoms with Gasteiger partial charge in [-0.1, -0.05) is 6.07 Å². The van der Waals surface area contributed by atoms with Crippen LogP contribution in [-0.4, -0.2) is 17.9 Å². The van der Waals surface area contributed by atoms with Crippen molar-refractivity contribution in [1.82, 2.24) is 4.90 Å². The van der Waals surface area contributed by atoms with Crippen molar-refractivity contribution in [3.8, 4) is 0 Å². The van der Waals surface area contributed by atoms with E-state index in [9.17, 15) is 13.6 Å². The van der Waals surface area contributed by atoms with E-state index in [4.69, 9.17) is 4.42 Å². The van der Waals surface area contributed by atoms with Gasteiger partial charge in [-0.05, 0) is 49.8 Å². The van der Waals surface area contributed by atoms with Gasteiger partial charge in [0, 0.05) is 13.1 Å². The van der Waals surface area contributed by atoms with Crippen LogP contribution in [0.5, 0.6) is 0 Å². The molecule has 1 atom stereocenters. The highest BCUT2D eigenvalue weighted by Gasteiger charge is 2.17. The average molecular weight is 305 g/mol. The average Bonchev–Trinajstić information content (AvgIpc) is 2.91. The van der Waals surface area contributed by atoms with Crippen molar-refractivity contribution in [3.63, 3.8) is 0 Å². The van der Waals surface area contributed by atoms with Crippen molar-refractivity contribution in [1.29, 1.82) is 0 Å². The molecule has 1 aromatic heterocycles. The number of carbonyl (C=O) groups excluding carboxylic acids is 1. The maximum Gasteiger partial charge on any atom is 0.246 e. The zero-order chi connectivity index (χ0) is 16.3. The highest BCUT2D eigenvalue weighted by Crippen LogP contribution is 2.21. The maximum absolute atomic E-state index is 13.3. The summed E-state index contributed by atoms with van der Waals surface area (Å²) in [6.45, 7) is 3.56. The Labute approximate surface area is 127 Å². The molecule has 0 aliphatic rings. The first-order valence-electron chi connectivity index (χ1n) is 6.84. The molecule has 5 heteroatoms. The van der Waals surface area contributed by atoms with Gasteiger partial charge in [0.15, 0.2) is 11.6 Å². The van der Waals surface area contributed by atoms with Gasteiger partial charge in [-0.3, -0.25) is 4.79 Å². The molecule has 0 N–H and O–H groups in total. The Kier molecular flexibility index (Phi) is 4.75. The Morgan fingerprint density at radius 3 is 2.55 bits per heavy atom. The van der Waals surface area contributed by atoms with E-state index in [1.165, 1.54) is 17.0 Å². The van der Waals surface area contributed by atoms with E-state index >= 15 is 0 Å². The second-order valence-electron chi connectivity index (χ2n) is 5.08. The fourth-order valence-corrected chi connectivity index (χ4v) is 2.00. The summed E-state index contributed by atoms with van der Waals surface area (Å²) < 4.78 is 31.6. The summed E-state index contributed by atoms with van der Waals surface area (Å²) in [7, 11) is 1.60. The number of likely N-dealkylation sites (N-methyl/N-ethyl adjacent to an activating group) is 1. The lowest BCUT2D eigenvalue weighted by atomic mass is 10.1. The van der Waals surface area contributed by atoms with Crippen LogP contribution in [0.1, 0.15) is 30.0 Å². The molecule has 116 valence electrons. The number of rotatable bonds is 4. The third-order valence-electron chi connectivity index (χ3n) is 3.51. The lowest BCUT2D eigenvalue weighted by Gasteiger charge is -2.24. The van der Waals surface area contributed by atoms with Crippen LogP contribution in [0.15, 0.2) is 40.8 Å². The van der Waals surface area contributed by atoms with Crippen molar-refractivity contribution >= 4 is 12.0 Å². The van der Waals surface area contributed by atoms with Gasteiger partial charge in [0.1, 0.15) is 11.5 Å². The topological polar surface area (TPSA) is 33.5 Å². The Balaban J connectivity index is 2.08. The van der Waals surface area contributed by atoms with E-state index < -0.39 is 11.6 Å². The molecule has 0 aliphatic heterocycles. The minimum atomic E-state index is -0.924. The predicted molar refractivity (Wildman–Crippen MR) is 80.0 cm³/mol. The van der Waals surface area contributed by atoms with E-state index in [0.717, 1.165) is 17.9 Å². The van der Waals surface area contributed by atoms with Gasteiger partial charge in [0.25, 0.3) is 0 Å². The van der Waals surface area contributed by atoms with Crippen molar-refractivity contribution in [2.24, 2.45) is 0 Å². The van der Waals surface area contributed by atoms with Gasteiger partial charge >= 0.3 is 0 Å². The zero-order valence-corrected chi connectivity index (χ0v) is 12.6. The molecule has 1 heterocycles. The van der Waals surface area contributed by atoms with Gasteiger partial charge in [-0.25, -0.2) is 8.78 Å². The number of aryl methyl sites for hydroxylation is 1. The van der Waals surface area contributed by atoms with E-state index in [-0.39, 0.29) is 11.9 Å². The minimum absolute atomic E-state index is 0.258. The van der Waals surface area contributed by atoms with Crippen LogP contribution < -0.4 is 0 Å². The number of furan rings is 1. The Morgan fingerprint density at radius 1 is 1.23 bits per heavy atom. The van der Waals surface area contributed by atoms with Crippen molar-refractivity contribution < 1.29 is 18.0 Å². The van der Waals surface area contributed by atoms with Crippen LogP contribution >= 0.6 is 0 Å². The summed E-state index contributed by atoms with van der Waals surface area (Å²) in [6.07, 6.45) is 2.96. The monoisotopic (exact) mass is 305 g/mol. The molecule has 0 aliphatic carbocycles. The summed E-state index contributed by atoms with van der Waals surface area (Å²) in [6, 6.07) is 6.80. The molecule has 1 amide bonds. The molecule has 0 radical (unpaired) electrons. The molecule has 0 saturated heterocycles. The van der Waals surface area contributed by atoms with Gasteiger partial charge < -0.3 is 9.32 Å². The Hall–Kier alpha value is -2.43. The van der Waals surface area contributed by atoms with Crippen LogP contribution in [0.2, 0.25) is 0 Å². The number of hydrogen-bond donors (Lipinski definition) is 0. The summed E-state index contributed by atoms with van der Waals surface area (Å²) >= 11 is 0. The van der Waals surface area contributed by atoms with Gasteiger partial charge in [-0.2, -0.15) is 0 Å². The number of nitrogens with zero attached hydrogens (tertiary/aromatic N) is 1. The van der Waals surface area contributed by atoms with Crippen LogP contribution in [0.4, 0.5) is 8.78 Å². The number of benzene rings is 1. The predicted octanol–water partition coefficient (Wildman–Crippen LogP) is 4.10. The summed E-state index contributed by atoms with van der Waals surface area (Å²) in [5, 5.41) is 0. The van der Waals surface area contributed by atoms with Crippen molar-refractivity contribution in [2.45, 2.75) is 19.9 Å². The van der Waals surface area contributed by atoms with E-state index in [1.807, 2.05) is 6.92 Å². The van der Waals surface area contributed by atoms with Gasteiger partial charge in [0.05, 0.1) is 6.04 Å². The van der Waals surface area contributed by atoms with E-state index in [0.29, 0.717) is 11.3 Å². The molecule has 0 spiro atoms. The lowest BCUT2D eigenvalue weighted by Crippen LogP contribution is -2.28. The maximum atomic E-state index is 13.3. The second-order valence-corrected chi connectivity index (χ2v) is 5.08. The number of carbonyl (C=O) groups is 1. The van der Waals surface area contributed by atoms with Crippen LogP contribution in [0, 0.1) is 18.6 Å². The molecular weight excluding hydrogens is 288 g/mol. The van der Waals surface area contributed by atoms with Crippen molar-refractivity contribution in [3.05, 3.63) is 65.1 Å². The van der Waals surface area contributed by atoms with Crippen LogP contribution in [-0.2, 0) is 4.79 Å². The number of amides is 1. The fraction of sp³-hybridized carbons (Fsp3) is 0.235. The third-order valence-corrected chi connectivity index (χ3v) is 3.51. The van der Waals surface area contributed by atoms with E-state index in [2.05, 4.69) is 0 Å². The number of hydrogen-bond acceptors (Lipinski definition) is 2. The molecular formula is C17H17F2NO2. The quantitative estimate of drug-likeness (QED) is 0.797. The summed E-state index contributed by atoms with van der Waals surface area (Å²) in [4.78, 5) is 13.6. The highest BCUT2D eigenvalue weighted by atomic mass is 19.2. The summed E-state index contributed by atoms with van der Waals surface area (Å²) in [5.74, 6) is -0.744. The largest absolute Gasteiger partial charge is 0.462 e. The molecule has 22 heavy (non-hydrogen) atoms. The molecule has 2 rings (SSSR count). The molecule has 0 saturated carbocycles. The van der Waals surface area contributed by atoms with Crippen LogP contribution in [0.25, 0.3) is 6.08 Å². The molecule has 3 nitrogen and oxygen atoms in total. The van der Waals surface area contributed by atoms with Gasteiger partial charge in [-0.15, -0.1) is 0 Å². The lowest BCUT2D eigenvalue weighted by molar-refractivity contribution is -0.126. The molecule has 1 unspecified atom stereocenters. The van der Waals surface area contributed by atoms with Crippen molar-refractivity contribution in [2.75, 3.05) is 7.05 Å². The first kappa shape index (κ1) is 15.9. The normalized spacial score (nSPS) is 12.6. The smallest absolute Gasteiger partial charge is 0.246 e. The first-order valence-corrected chi connectivity index (χ1v) is 6.84. The minimum Gasteiger partial charge on any atom is -0.462 e. The van der Waals surface area contributed by atoms with Crippen LogP contribution in [0.3, 0.4) is 0 Å². The van der Waals surface area contributed by atoms with Gasteiger partial charge in [0.2, 0.25) is 5.91 Å². The Morgan fingerprint density at radius 2 is 1.95 bits per heavy atom. The first-order chi connectivity index (χ1) is 10.4. The summed E-state index contributed by atoms with van der Waals surface area (Å²) in [5.41, 5.74) is 0.525. The molecule has 0 fully saturated rings. The Bertz CT molecular complexity index is 706. The third kappa shape index (κ3) is 3.61. The molecule has 0 bridgehead atoms.